The van der Waals surface area contributed by atoms with Crippen molar-refractivity contribution in [1.29, 1.82) is 0 Å². The highest BCUT2D eigenvalue weighted by Crippen LogP contribution is 2.18. The van der Waals surface area contributed by atoms with Crippen molar-refractivity contribution in [3.8, 4) is 0 Å². The van der Waals surface area contributed by atoms with Crippen molar-refractivity contribution >= 4 is 17.9 Å². The molecule has 0 aromatic rings. The summed E-state index contributed by atoms with van der Waals surface area (Å²) in [6, 6.07) is 0. The van der Waals surface area contributed by atoms with Gasteiger partial charge in [-0.3, -0.25) is 14.4 Å². The van der Waals surface area contributed by atoms with Crippen LogP contribution in [0.1, 0.15) is 335 Å². The van der Waals surface area contributed by atoms with Gasteiger partial charge in [-0.05, 0) is 83.5 Å². The molecule has 0 N–H and O–H groups in total. The monoisotopic (exact) mass is 1030 g/mol. The van der Waals surface area contributed by atoms with E-state index in [4.69, 9.17) is 14.2 Å². The molecule has 1 atom stereocenters. The van der Waals surface area contributed by atoms with Crippen molar-refractivity contribution < 1.29 is 28.6 Å². The van der Waals surface area contributed by atoms with Gasteiger partial charge in [0.1, 0.15) is 13.2 Å². The molecule has 430 valence electrons. The van der Waals surface area contributed by atoms with Crippen LogP contribution in [0.3, 0.4) is 0 Å². The van der Waals surface area contributed by atoms with E-state index >= 15 is 0 Å². The van der Waals surface area contributed by atoms with E-state index in [2.05, 4.69) is 81.5 Å². The average Bonchev–Trinajstić information content (AvgIpc) is 3.40. The van der Waals surface area contributed by atoms with Gasteiger partial charge in [-0.15, -0.1) is 0 Å². The highest BCUT2D eigenvalue weighted by Gasteiger charge is 2.19. The molecule has 0 spiro atoms. The third kappa shape index (κ3) is 60.0. The Balaban J connectivity index is 4.25. The Labute approximate surface area is 460 Å². The minimum absolute atomic E-state index is 0.0841. The zero-order chi connectivity index (χ0) is 53.6. The van der Waals surface area contributed by atoms with Crippen LogP contribution < -0.4 is 0 Å². The predicted octanol–water partition coefficient (Wildman–Crippen LogP) is 21.9. The van der Waals surface area contributed by atoms with Crippen LogP contribution in [0.4, 0.5) is 0 Å². The number of unbranched alkanes of at least 4 members (excludes halogenated alkanes) is 38. The second kappa shape index (κ2) is 62.6. The number of ether oxygens (including phenoxy) is 3. The van der Waals surface area contributed by atoms with Gasteiger partial charge in [0, 0.05) is 19.3 Å². The summed E-state index contributed by atoms with van der Waals surface area (Å²) in [5.74, 6) is -0.906. The van der Waals surface area contributed by atoms with Gasteiger partial charge in [-0.2, -0.15) is 0 Å². The number of allylic oxidation sites excluding steroid dienone is 10. The lowest BCUT2D eigenvalue weighted by Gasteiger charge is -2.18. The normalized spacial score (nSPS) is 12.4. The van der Waals surface area contributed by atoms with Gasteiger partial charge < -0.3 is 14.2 Å². The second-order valence-electron chi connectivity index (χ2n) is 21.6. The summed E-state index contributed by atoms with van der Waals surface area (Å²) in [5, 5.41) is 0. The topological polar surface area (TPSA) is 78.9 Å². The average molecular weight is 1040 g/mol. The maximum absolute atomic E-state index is 12.9. The molecule has 0 saturated carbocycles. The van der Waals surface area contributed by atoms with E-state index in [0.717, 1.165) is 96.3 Å². The van der Waals surface area contributed by atoms with Gasteiger partial charge in [0.15, 0.2) is 6.10 Å². The zero-order valence-electron chi connectivity index (χ0n) is 49.4. The Bertz CT molecular complexity index is 1330. The Morgan fingerprint density at radius 2 is 0.527 bits per heavy atom. The highest BCUT2D eigenvalue weighted by molar-refractivity contribution is 5.71. The molecule has 0 aliphatic carbocycles. The smallest absolute Gasteiger partial charge is 0.306 e. The quantitative estimate of drug-likeness (QED) is 0.0261. The fourth-order valence-electron chi connectivity index (χ4n) is 9.43. The molecule has 0 aliphatic heterocycles. The Kier molecular flexibility index (Phi) is 60.2. The van der Waals surface area contributed by atoms with Crippen LogP contribution in [-0.4, -0.2) is 37.2 Å². The summed E-state index contributed by atoms with van der Waals surface area (Å²) < 4.78 is 16.9. The predicted molar refractivity (Wildman–Crippen MR) is 321 cm³/mol. The minimum atomic E-state index is -0.790. The van der Waals surface area contributed by atoms with Crippen LogP contribution in [0, 0.1) is 0 Å². The fraction of sp³-hybridized carbons (Fsp3) is 0.809. The SMILES string of the molecule is CC/C=C\C/C=C\C/C=C\CCCCCC(=O)OCC(COC(=O)CCCCCCCCCCCCCCCCCCCCCCCCCCCC)OC(=O)CCCCCCCCC/C=C\C/C=C\CCCCC. The number of hydrogen-bond donors (Lipinski definition) is 0. The first-order valence-corrected chi connectivity index (χ1v) is 32.3. The molecule has 0 aromatic carbocycles. The number of hydrogen-bond acceptors (Lipinski definition) is 6. The van der Waals surface area contributed by atoms with Crippen molar-refractivity contribution in [1.82, 2.24) is 0 Å². The first-order valence-electron chi connectivity index (χ1n) is 32.3. The summed E-state index contributed by atoms with van der Waals surface area (Å²) in [6.45, 7) is 6.52. The lowest BCUT2D eigenvalue weighted by Crippen LogP contribution is -2.30. The summed E-state index contributed by atoms with van der Waals surface area (Å²) >= 11 is 0. The molecule has 0 fully saturated rings. The van der Waals surface area contributed by atoms with Crippen LogP contribution in [0.2, 0.25) is 0 Å². The number of carbonyl (C=O) groups is 3. The molecule has 6 heteroatoms. The van der Waals surface area contributed by atoms with E-state index in [1.165, 1.54) is 199 Å². The molecular formula is C68H122O6. The van der Waals surface area contributed by atoms with Gasteiger partial charge in [-0.1, -0.05) is 293 Å². The van der Waals surface area contributed by atoms with Crippen LogP contribution in [0.15, 0.2) is 60.8 Å². The second-order valence-corrected chi connectivity index (χ2v) is 21.6. The minimum Gasteiger partial charge on any atom is -0.462 e. The molecule has 6 nitrogen and oxygen atoms in total. The van der Waals surface area contributed by atoms with E-state index in [1.807, 2.05) is 0 Å². The largest absolute Gasteiger partial charge is 0.462 e. The third-order valence-corrected chi connectivity index (χ3v) is 14.3. The van der Waals surface area contributed by atoms with Crippen molar-refractivity contribution in [2.45, 2.75) is 341 Å². The fourth-order valence-corrected chi connectivity index (χ4v) is 9.43. The van der Waals surface area contributed by atoms with E-state index in [1.54, 1.807) is 0 Å². The van der Waals surface area contributed by atoms with E-state index in [0.29, 0.717) is 19.3 Å². The van der Waals surface area contributed by atoms with Gasteiger partial charge in [0.05, 0.1) is 0 Å². The maximum atomic E-state index is 12.9. The van der Waals surface area contributed by atoms with Gasteiger partial charge >= 0.3 is 17.9 Å². The highest BCUT2D eigenvalue weighted by atomic mass is 16.6. The van der Waals surface area contributed by atoms with Gasteiger partial charge in [0.2, 0.25) is 0 Å². The summed E-state index contributed by atoms with van der Waals surface area (Å²) in [5.41, 5.74) is 0. The van der Waals surface area contributed by atoms with Crippen LogP contribution in [0.25, 0.3) is 0 Å². The molecule has 0 amide bonds. The van der Waals surface area contributed by atoms with Crippen LogP contribution in [-0.2, 0) is 28.6 Å². The van der Waals surface area contributed by atoms with E-state index < -0.39 is 6.10 Å². The summed E-state index contributed by atoms with van der Waals surface area (Å²) in [7, 11) is 0. The van der Waals surface area contributed by atoms with Crippen molar-refractivity contribution in [2.24, 2.45) is 0 Å². The van der Waals surface area contributed by atoms with E-state index in [9.17, 15) is 14.4 Å². The molecule has 0 aromatic heterocycles. The zero-order valence-corrected chi connectivity index (χ0v) is 49.4. The van der Waals surface area contributed by atoms with Crippen molar-refractivity contribution in [3.05, 3.63) is 60.8 Å². The standard InChI is InChI=1S/C68H122O6/c1-4-7-10-13-16-19-22-25-27-29-30-31-32-33-34-35-36-37-39-40-43-46-49-52-55-58-61-67(70)73-64-65(63-72-66(69)60-57-54-51-48-45-42-24-21-18-15-12-9-6-3)74-68(71)62-59-56-53-50-47-44-41-38-28-26-23-20-17-14-11-8-5-2/h9,12,17-18,20-21,26,28,42,45,65H,4-8,10-11,13-16,19,22-25,27,29-41,43-44,46-64H2,1-3H3/b12-9-,20-17-,21-18-,28-26-,45-42-. The number of rotatable bonds is 59. The molecular weight excluding hydrogens is 913 g/mol. The summed E-state index contributed by atoms with van der Waals surface area (Å²) in [4.78, 5) is 38.3. The maximum Gasteiger partial charge on any atom is 0.306 e. The lowest BCUT2D eigenvalue weighted by atomic mass is 10.0. The molecule has 0 saturated heterocycles. The molecule has 0 radical (unpaired) electrons. The van der Waals surface area contributed by atoms with Crippen molar-refractivity contribution in [3.63, 3.8) is 0 Å². The molecule has 0 heterocycles. The summed E-state index contributed by atoms with van der Waals surface area (Å²) in [6.07, 6.45) is 79.6. The Morgan fingerprint density at radius 1 is 0.284 bits per heavy atom. The van der Waals surface area contributed by atoms with Gasteiger partial charge in [0.25, 0.3) is 0 Å². The lowest BCUT2D eigenvalue weighted by molar-refractivity contribution is -0.167. The molecule has 0 rings (SSSR count). The molecule has 74 heavy (non-hydrogen) atoms. The number of esters is 3. The molecule has 1 unspecified atom stereocenters. The Hall–Kier alpha value is -2.89. The van der Waals surface area contributed by atoms with Gasteiger partial charge in [-0.25, -0.2) is 0 Å². The van der Waals surface area contributed by atoms with E-state index in [-0.39, 0.29) is 31.1 Å². The first-order chi connectivity index (χ1) is 36.5. The van der Waals surface area contributed by atoms with Crippen molar-refractivity contribution in [2.75, 3.05) is 13.2 Å². The van der Waals surface area contributed by atoms with Crippen LogP contribution >= 0.6 is 0 Å². The molecule has 0 aliphatic rings. The third-order valence-electron chi connectivity index (χ3n) is 14.3. The first kappa shape index (κ1) is 71.1. The van der Waals surface area contributed by atoms with Crippen LogP contribution in [0.5, 0.6) is 0 Å². The Morgan fingerprint density at radius 3 is 0.865 bits per heavy atom. The molecule has 0 bridgehead atoms. The number of carbonyl (C=O) groups excluding carboxylic acids is 3.